The van der Waals surface area contributed by atoms with Gasteiger partial charge in [-0.05, 0) is 73.1 Å². The van der Waals surface area contributed by atoms with Gasteiger partial charge in [-0.1, -0.05) is 88.6 Å². The van der Waals surface area contributed by atoms with E-state index in [9.17, 15) is 0 Å². The molecule has 0 aliphatic heterocycles. The minimum absolute atomic E-state index is 0.919. The zero-order valence-corrected chi connectivity index (χ0v) is 30.5. The quantitative estimate of drug-likeness (QED) is 0.143. The van der Waals surface area contributed by atoms with Crippen LogP contribution in [0.2, 0.25) is 0 Å². The van der Waals surface area contributed by atoms with Crippen LogP contribution >= 0.6 is 0 Å². The van der Waals surface area contributed by atoms with E-state index in [-0.39, 0.29) is 0 Å². The van der Waals surface area contributed by atoms with Crippen LogP contribution in [0.4, 0.5) is 0 Å². The van der Waals surface area contributed by atoms with E-state index >= 15 is 0 Å². The van der Waals surface area contributed by atoms with Gasteiger partial charge in [0.15, 0.2) is 0 Å². The molecule has 0 radical (unpaired) electrons. The van der Waals surface area contributed by atoms with Crippen LogP contribution in [0.3, 0.4) is 0 Å². The van der Waals surface area contributed by atoms with Crippen molar-refractivity contribution in [3.8, 4) is 33.4 Å². The van der Waals surface area contributed by atoms with E-state index < -0.39 is 0 Å². The Kier molecular flexibility index (Phi) is 7.49. The molecule has 1 heterocycles. The molecule has 49 heavy (non-hydrogen) atoms. The average Bonchev–Trinajstić information content (AvgIpc) is 3.50. The van der Waals surface area contributed by atoms with Crippen molar-refractivity contribution in [3.05, 3.63) is 84.9 Å². The van der Waals surface area contributed by atoms with Crippen LogP contribution in [0.15, 0.2) is 89.3 Å². The lowest BCUT2D eigenvalue weighted by molar-refractivity contribution is 0.669. The molecule has 11 heteroatoms. The summed E-state index contributed by atoms with van der Waals surface area (Å²) in [5.41, 5.74) is 23.2. The van der Waals surface area contributed by atoms with Gasteiger partial charge in [0.25, 0.3) is 0 Å². The van der Waals surface area contributed by atoms with Crippen molar-refractivity contribution < 1.29 is 4.42 Å². The van der Waals surface area contributed by atoms with Crippen LogP contribution < -0.4 is 54.6 Å². The summed E-state index contributed by atoms with van der Waals surface area (Å²) in [6, 6.07) is 31.4. The zero-order chi connectivity index (χ0) is 34.5. The Labute approximate surface area is 298 Å². The minimum Gasteiger partial charge on any atom is -0.456 e. The topological polar surface area (TPSA) is 13.1 Å². The van der Waals surface area contributed by atoms with E-state index in [4.69, 9.17) is 4.42 Å². The van der Waals surface area contributed by atoms with Gasteiger partial charge in [-0.25, -0.2) is 0 Å². The van der Waals surface area contributed by atoms with Crippen molar-refractivity contribution in [1.29, 1.82) is 0 Å². The van der Waals surface area contributed by atoms with Crippen molar-refractivity contribution in [1.82, 2.24) is 0 Å². The Hall–Kier alpha value is -4.49. The molecule has 0 amide bonds. The lowest BCUT2D eigenvalue weighted by Gasteiger charge is -2.25. The fourth-order valence-corrected chi connectivity index (χ4v) is 8.69. The molecule has 0 unspecified atom stereocenters. The summed E-state index contributed by atoms with van der Waals surface area (Å²) >= 11 is 0. The second kappa shape index (κ2) is 11.5. The highest BCUT2D eigenvalue weighted by atomic mass is 16.3. The Morgan fingerprint density at radius 2 is 0.714 bits per heavy atom. The molecule has 1 nitrogen and oxygen atoms in total. The smallest absolute Gasteiger partial charge is 0.139 e. The third-order valence-corrected chi connectivity index (χ3v) is 12.2. The molecular formula is C38H34B10O. The van der Waals surface area contributed by atoms with Gasteiger partial charge in [0, 0.05) is 10.8 Å². The molecular weight excluding hydrogens is 581 g/mol. The monoisotopic (exact) mass is 616 g/mol. The molecule has 0 aliphatic carbocycles. The van der Waals surface area contributed by atoms with E-state index in [0.717, 1.165) is 16.6 Å². The summed E-state index contributed by atoms with van der Waals surface area (Å²) < 4.78 is 6.73. The standard InChI is InChI=1S/C38H34B10O/c39-29-24(30(40)34(44)37(47)33(29)43)15-13-21(26-20-11-5-6-12-22(20)49-23(26)14-15)25-16-7-1-3-9-18(16)27(19-10-4-2-8-17(19)25)28-31(41)35(45)38(48)36(46)32(28)42/h1-14H,39-48H2. The maximum atomic E-state index is 6.73. The lowest BCUT2D eigenvalue weighted by Crippen LogP contribution is -2.55. The number of hydrogen-bond donors (Lipinski definition) is 0. The Morgan fingerprint density at radius 1 is 0.327 bits per heavy atom. The van der Waals surface area contributed by atoms with E-state index in [1.54, 1.807) is 0 Å². The third kappa shape index (κ3) is 4.54. The highest BCUT2D eigenvalue weighted by molar-refractivity contribution is 6.70. The van der Waals surface area contributed by atoms with Gasteiger partial charge >= 0.3 is 0 Å². The molecule has 0 bridgehead atoms. The van der Waals surface area contributed by atoms with Crippen LogP contribution in [0.5, 0.6) is 0 Å². The molecule has 222 valence electrons. The van der Waals surface area contributed by atoms with Crippen molar-refractivity contribution in [2.45, 2.75) is 0 Å². The Balaban J connectivity index is 1.59. The maximum Gasteiger partial charge on any atom is 0.139 e. The van der Waals surface area contributed by atoms with Crippen LogP contribution in [0.1, 0.15) is 0 Å². The number of furan rings is 1. The minimum atomic E-state index is 0.919. The molecule has 8 aromatic rings. The highest BCUT2D eigenvalue weighted by Gasteiger charge is 2.24. The van der Waals surface area contributed by atoms with Crippen molar-refractivity contribution >= 4 is 177 Å². The second-order valence-corrected chi connectivity index (χ2v) is 14.3. The number of para-hydroxylation sites is 1. The summed E-state index contributed by atoms with van der Waals surface area (Å²) in [5, 5.41) is 7.42. The first kappa shape index (κ1) is 31.8. The van der Waals surface area contributed by atoms with E-state index in [2.05, 4.69) is 163 Å². The molecule has 0 saturated carbocycles. The van der Waals surface area contributed by atoms with E-state index in [1.165, 1.54) is 115 Å². The third-order valence-electron chi connectivity index (χ3n) is 12.2. The average molecular weight is 615 g/mol. The largest absolute Gasteiger partial charge is 0.456 e. The lowest BCUT2D eigenvalue weighted by atomic mass is 9.59. The van der Waals surface area contributed by atoms with Gasteiger partial charge < -0.3 is 4.42 Å². The predicted molar refractivity (Wildman–Crippen MR) is 247 cm³/mol. The molecule has 0 fully saturated rings. The van der Waals surface area contributed by atoms with Gasteiger partial charge in [-0.15, -0.1) is 32.8 Å². The second-order valence-electron chi connectivity index (χ2n) is 14.3. The number of fused-ring (bicyclic) bond motifs is 5. The molecule has 0 atom stereocenters. The van der Waals surface area contributed by atoms with Crippen molar-refractivity contribution in [3.63, 3.8) is 0 Å². The first-order valence-corrected chi connectivity index (χ1v) is 17.5. The molecule has 0 spiro atoms. The number of hydrogen-bond acceptors (Lipinski definition) is 1. The van der Waals surface area contributed by atoms with Crippen LogP contribution in [-0.4, -0.2) is 78.5 Å². The Morgan fingerprint density at radius 3 is 1.20 bits per heavy atom. The van der Waals surface area contributed by atoms with Gasteiger partial charge in [0.1, 0.15) is 89.6 Å². The van der Waals surface area contributed by atoms with E-state index in [0.29, 0.717) is 0 Å². The first-order chi connectivity index (χ1) is 23.5. The van der Waals surface area contributed by atoms with Gasteiger partial charge in [0.2, 0.25) is 0 Å². The van der Waals surface area contributed by atoms with Crippen LogP contribution in [0.25, 0.3) is 76.9 Å². The molecule has 1 aromatic heterocycles. The fraction of sp³-hybridized carbons (Fsp3) is 0. The molecule has 0 saturated heterocycles. The normalized spacial score (nSPS) is 11.7. The summed E-state index contributed by atoms with van der Waals surface area (Å²) in [5.74, 6) is 0. The molecule has 8 rings (SSSR count). The Bertz CT molecular complexity index is 2620. The summed E-state index contributed by atoms with van der Waals surface area (Å²) in [6.45, 7) is 0. The number of benzene rings is 7. The highest BCUT2D eigenvalue weighted by Crippen LogP contribution is 2.47. The van der Waals surface area contributed by atoms with Crippen LogP contribution in [0, 0.1) is 0 Å². The number of rotatable bonds is 3. The summed E-state index contributed by atoms with van der Waals surface area (Å²) in [6.07, 6.45) is 0. The molecule has 0 N–H and O–H groups in total. The SMILES string of the molecule is Bc1c(B)c(B)c(-c2cc(-c3c4ccccc4c(-c4c(B)c(B)c(B)c(B)c4B)c4ccccc34)c3c(c2)oc2ccccc23)c(B)c1B. The van der Waals surface area contributed by atoms with Gasteiger partial charge in [0.05, 0.1) is 0 Å². The molecule has 7 aromatic carbocycles. The summed E-state index contributed by atoms with van der Waals surface area (Å²) in [7, 11) is 22.8. The van der Waals surface area contributed by atoms with Gasteiger partial charge in [-0.3, -0.25) is 0 Å². The van der Waals surface area contributed by atoms with Crippen LogP contribution in [-0.2, 0) is 0 Å². The molecule has 0 aliphatic rings. The van der Waals surface area contributed by atoms with Crippen molar-refractivity contribution in [2.24, 2.45) is 0 Å². The van der Waals surface area contributed by atoms with E-state index in [1.807, 2.05) is 0 Å². The maximum absolute atomic E-state index is 6.73. The summed E-state index contributed by atoms with van der Waals surface area (Å²) in [4.78, 5) is 0. The predicted octanol–water partition coefficient (Wildman–Crippen LogP) is -6.52. The zero-order valence-electron chi connectivity index (χ0n) is 30.5. The van der Waals surface area contributed by atoms with Gasteiger partial charge in [-0.2, -0.15) is 0 Å². The fourth-order valence-electron chi connectivity index (χ4n) is 8.69. The first-order valence-electron chi connectivity index (χ1n) is 17.5. The van der Waals surface area contributed by atoms with Crippen molar-refractivity contribution in [2.75, 3.05) is 0 Å².